The number of hydrogen-bond acceptors (Lipinski definition) is 3. The smallest absolute Gasteiger partial charge is 0.263 e. The molecule has 2 aliphatic heterocycles. The molecule has 22 heavy (non-hydrogen) atoms. The van der Waals surface area contributed by atoms with Gasteiger partial charge in [0.15, 0.2) is 0 Å². The summed E-state index contributed by atoms with van der Waals surface area (Å²) >= 11 is 0. The van der Waals surface area contributed by atoms with Crippen LogP contribution in [-0.2, 0) is 9.53 Å². The number of amides is 1. The normalized spacial score (nSPS) is 27.4. The number of hydrogen-bond donors (Lipinski definition) is 0. The van der Waals surface area contributed by atoms with Gasteiger partial charge in [-0.2, -0.15) is 0 Å². The van der Waals surface area contributed by atoms with Crippen molar-refractivity contribution in [3.8, 4) is 0 Å². The number of nitrogens with zero attached hydrogens (tertiary/aromatic N) is 2. The lowest BCUT2D eigenvalue weighted by atomic mass is 9.83. The molecular weight excluding hydrogens is 290 g/mol. The van der Waals surface area contributed by atoms with Gasteiger partial charge in [0.25, 0.3) is 5.92 Å². The van der Waals surface area contributed by atoms with E-state index in [2.05, 4.69) is 0 Å². The quantitative estimate of drug-likeness (QED) is 0.797. The highest BCUT2D eigenvalue weighted by atomic mass is 19.3. The molecule has 1 amide bonds. The number of halogens is 2. The van der Waals surface area contributed by atoms with Crippen molar-refractivity contribution in [1.82, 2.24) is 9.80 Å². The van der Waals surface area contributed by atoms with Crippen LogP contribution in [0.15, 0.2) is 0 Å². The summed E-state index contributed by atoms with van der Waals surface area (Å²) in [6.07, 6.45) is 2.33. The summed E-state index contributed by atoms with van der Waals surface area (Å²) in [6.45, 7) is 5.41. The van der Waals surface area contributed by atoms with Crippen LogP contribution in [0, 0.1) is 11.8 Å². The van der Waals surface area contributed by atoms with Crippen LogP contribution in [0.2, 0.25) is 0 Å². The van der Waals surface area contributed by atoms with E-state index < -0.39 is 11.8 Å². The molecule has 128 valence electrons. The van der Waals surface area contributed by atoms with Crippen LogP contribution in [-0.4, -0.2) is 67.6 Å². The molecule has 2 aliphatic rings. The van der Waals surface area contributed by atoms with E-state index in [-0.39, 0.29) is 31.0 Å². The summed E-state index contributed by atoms with van der Waals surface area (Å²) < 4.78 is 33.6. The van der Waals surface area contributed by atoms with Gasteiger partial charge in [-0.05, 0) is 31.7 Å². The van der Waals surface area contributed by atoms with Crippen LogP contribution in [0.25, 0.3) is 0 Å². The molecule has 0 aromatic rings. The first-order valence-corrected chi connectivity index (χ1v) is 8.24. The lowest BCUT2D eigenvalue weighted by Gasteiger charge is -2.40. The summed E-state index contributed by atoms with van der Waals surface area (Å²) in [7, 11) is 1.68. The van der Waals surface area contributed by atoms with Gasteiger partial charge in [-0.15, -0.1) is 0 Å². The number of ether oxygens (including phenoxy) is 1. The molecule has 0 aliphatic carbocycles. The molecule has 2 rings (SSSR count). The second kappa shape index (κ2) is 7.21. The number of likely N-dealkylation sites (tertiary alicyclic amines) is 2. The Morgan fingerprint density at radius 2 is 1.86 bits per heavy atom. The second-order valence-corrected chi connectivity index (χ2v) is 6.93. The van der Waals surface area contributed by atoms with Crippen molar-refractivity contribution in [2.24, 2.45) is 11.8 Å². The van der Waals surface area contributed by atoms with E-state index >= 15 is 0 Å². The van der Waals surface area contributed by atoms with Gasteiger partial charge in [-0.1, -0.05) is 13.8 Å². The highest BCUT2D eigenvalue weighted by Crippen LogP contribution is 2.37. The molecule has 0 aromatic heterocycles. The fourth-order valence-corrected chi connectivity index (χ4v) is 3.62. The maximum atomic E-state index is 14.2. The monoisotopic (exact) mass is 318 g/mol. The summed E-state index contributed by atoms with van der Waals surface area (Å²) in [5.41, 5.74) is 0. The highest BCUT2D eigenvalue weighted by molar-refractivity contribution is 5.78. The molecule has 1 atom stereocenters. The van der Waals surface area contributed by atoms with Gasteiger partial charge in [0.05, 0.1) is 19.2 Å². The van der Waals surface area contributed by atoms with E-state index in [1.165, 1.54) is 0 Å². The molecule has 0 spiro atoms. The predicted molar refractivity (Wildman–Crippen MR) is 80.9 cm³/mol. The van der Waals surface area contributed by atoms with Crippen LogP contribution in [0.3, 0.4) is 0 Å². The van der Waals surface area contributed by atoms with Gasteiger partial charge >= 0.3 is 0 Å². The molecule has 0 radical (unpaired) electrons. The molecule has 2 fully saturated rings. The Balaban J connectivity index is 1.83. The minimum absolute atomic E-state index is 0.0269. The Hall–Kier alpha value is -0.750. The van der Waals surface area contributed by atoms with Crippen LogP contribution in [0.4, 0.5) is 8.78 Å². The van der Waals surface area contributed by atoms with Gasteiger partial charge in [0.1, 0.15) is 0 Å². The lowest BCUT2D eigenvalue weighted by Crippen LogP contribution is -2.53. The van der Waals surface area contributed by atoms with Crippen molar-refractivity contribution >= 4 is 5.91 Å². The summed E-state index contributed by atoms with van der Waals surface area (Å²) in [5, 5.41) is 0. The molecule has 2 heterocycles. The van der Waals surface area contributed by atoms with Crippen LogP contribution < -0.4 is 0 Å². The first-order valence-electron chi connectivity index (χ1n) is 8.24. The fraction of sp³-hybridized carbons (Fsp3) is 0.938. The van der Waals surface area contributed by atoms with E-state index in [4.69, 9.17) is 4.74 Å². The van der Waals surface area contributed by atoms with Crippen molar-refractivity contribution in [3.63, 3.8) is 0 Å². The van der Waals surface area contributed by atoms with Crippen molar-refractivity contribution in [3.05, 3.63) is 0 Å². The molecule has 0 aromatic carbocycles. The Labute approximate surface area is 131 Å². The Kier molecular flexibility index (Phi) is 5.77. The zero-order valence-corrected chi connectivity index (χ0v) is 13.9. The van der Waals surface area contributed by atoms with E-state index in [1.54, 1.807) is 16.9 Å². The molecule has 4 nitrogen and oxygen atoms in total. The van der Waals surface area contributed by atoms with Gasteiger partial charge < -0.3 is 9.64 Å². The first-order chi connectivity index (χ1) is 10.3. The third-order valence-corrected chi connectivity index (χ3v) is 5.02. The number of alkyl halides is 2. The Morgan fingerprint density at radius 1 is 1.23 bits per heavy atom. The maximum Gasteiger partial charge on any atom is 0.263 e. The van der Waals surface area contributed by atoms with E-state index in [0.717, 1.165) is 12.8 Å². The standard InChI is InChI=1S/C16H28F2N2O2/c1-12(2)14-6-7-19(11-16(14,17)18)10-15(21)20-8-4-13(22-3)5-9-20/h12-14H,4-11H2,1-3H3. The van der Waals surface area contributed by atoms with E-state index in [1.807, 2.05) is 13.8 Å². The largest absolute Gasteiger partial charge is 0.381 e. The first kappa shape index (κ1) is 17.6. The topological polar surface area (TPSA) is 32.8 Å². The third-order valence-electron chi connectivity index (χ3n) is 5.02. The Morgan fingerprint density at radius 3 is 2.36 bits per heavy atom. The summed E-state index contributed by atoms with van der Waals surface area (Å²) in [6, 6.07) is 0. The predicted octanol–water partition coefficient (Wildman–Crippen LogP) is 2.24. The average Bonchev–Trinajstić information content (AvgIpc) is 2.46. The van der Waals surface area contributed by atoms with Crippen molar-refractivity contribution < 1.29 is 18.3 Å². The summed E-state index contributed by atoms with van der Waals surface area (Å²) in [5.74, 6) is -3.33. The number of carbonyl (C=O) groups is 1. The second-order valence-electron chi connectivity index (χ2n) is 6.93. The van der Waals surface area contributed by atoms with Gasteiger partial charge in [-0.25, -0.2) is 8.78 Å². The van der Waals surface area contributed by atoms with Gasteiger partial charge in [0.2, 0.25) is 5.91 Å². The minimum Gasteiger partial charge on any atom is -0.381 e. The van der Waals surface area contributed by atoms with Crippen molar-refractivity contribution in [2.75, 3.05) is 39.8 Å². The summed E-state index contributed by atoms with van der Waals surface area (Å²) in [4.78, 5) is 15.7. The zero-order valence-electron chi connectivity index (χ0n) is 13.9. The van der Waals surface area contributed by atoms with E-state index in [0.29, 0.717) is 26.1 Å². The molecule has 6 heteroatoms. The highest BCUT2D eigenvalue weighted by Gasteiger charge is 2.46. The number of methoxy groups -OCH3 is 1. The fourth-order valence-electron chi connectivity index (χ4n) is 3.62. The molecule has 2 saturated heterocycles. The van der Waals surface area contributed by atoms with Crippen molar-refractivity contribution in [1.29, 1.82) is 0 Å². The third kappa shape index (κ3) is 4.16. The maximum absolute atomic E-state index is 14.2. The van der Waals surface area contributed by atoms with Crippen LogP contribution >= 0.6 is 0 Å². The Bertz CT molecular complexity index is 382. The SMILES string of the molecule is COC1CCN(C(=O)CN2CCC(C(C)C)C(F)(F)C2)CC1. The van der Waals surface area contributed by atoms with Gasteiger partial charge in [-0.3, -0.25) is 9.69 Å². The molecule has 0 N–H and O–H groups in total. The number of rotatable bonds is 4. The molecule has 1 unspecified atom stereocenters. The minimum atomic E-state index is -2.70. The number of piperidine rings is 2. The molecular formula is C16H28F2N2O2. The van der Waals surface area contributed by atoms with Crippen molar-refractivity contribution in [2.45, 2.75) is 45.1 Å². The lowest BCUT2D eigenvalue weighted by molar-refractivity contribution is -0.144. The molecule has 0 bridgehead atoms. The average molecular weight is 318 g/mol. The number of carbonyl (C=O) groups excluding carboxylic acids is 1. The van der Waals surface area contributed by atoms with Gasteiger partial charge in [0, 0.05) is 26.1 Å². The van der Waals surface area contributed by atoms with Crippen LogP contribution in [0.5, 0.6) is 0 Å². The van der Waals surface area contributed by atoms with E-state index in [9.17, 15) is 13.6 Å². The van der Waals surface area contributed by atoms with Crippen LogP contribution in [0.1, 0.15) is 33.1 Å². The zero-order chi connectivity index (χ0) is 16.3. The molecule has 0 saturated carbocycles.